The highest BCUT2D eigenvalue weighted by molar-refractivity contribution is 5.21. The molecule has 2 heteroatoms. The van der Waals surface area contributed by atoms with Crippen LogP contribution in [-0.4, -0.2) is 12.4 Å². The summed E-state index contributed by atoms with van der Waals surface area (Å²) in [6, 6.07) is 9.93. The first-order valence-corrected chi connectivity index (χ1v) is 7.77. The molecule has 0 spiro atoms. The van der Waals surface area contributed by atoms with Crippen molar-refractivity contribution >= 4 is 0 Å². The van der Waals surface area contributed by atoms with Gasteiger partial charge in [-0.3, -0.25) is 0 Å². The standard InChI is InChI=1S/C17H26O2/c1-2-3-4-5-6-7-11-14-16-17(19-16)18-15-12-9-8-10-13-15/h8-10,12-13,16-17H,2-7,11,14H2,1H3. The fourth-order valence-corrected chi connectivity index (χ4v) is 2.37. The lowest BCUT2D eigenvalue weighted by molar-refractivity contribution is 0.178. The highest BCUT2D eigenvalue weighted by Crippen LogP contribution is 2.30. The third-order valence-electron chi connectivity index (χ3n) is 3.62. The van der Waals surface area contributed by atoms with Gasteiger partial charge in [0.05, 0.1) is 0 Å². The Balaban J connectivity index is 1.46. The fraction of sp³-hybridized carbons (Fsp3) is 0.647. The second-order valence-corrected chi connectivity index (χ2v) is 5.38. The van der Waals surface area contributed by atoms with E-state index in [0.29, 0.717) is 6.10 Å². The van der Waals surface area contributed by atoms with Gasteiger partial charge >= 0.3 is 0 Å². The molecule has 0 radical (unpaired) electrons. The van der Waals surface area contributed by atoms with Crippen LogP contribution >= 0.6 is 0 Å². The topological polar surface area (TPSA) is 21.8 Å². The Morgan fingerprint density at radius 3 is 2.37 bits per heavy atom. The van der Waals surface area contributed by atoms with E-state index < -0.39 is 0 Å². The van der Waals surface area contributed by atoms with E-state index in [1.807, 2.05) is 30.3 Å². The van der Waals surface area contributed by atoms with Gasteiger partial charge in [0.15, 0.2) is 0 Å². The monoisotopic (exact) mass is 262 g/mol. The molecule has 106 valence electrons. The van der Waals surface area contributed by atoms with Gasteiger partial charge in [-0.1, -0.05) is 70.1 Å². The van der Waals surface area contributed by atoms with E-state index in [-0.39, 0.29) is 6.29 Å². The first kappa shape index (κ1) is 14.4. The Hall–Kier alpha value is -1.02. The van der Waals surface area contributed by atoms with E-state index >= 15 is 0 Å². The predicted molar refractivity (Wildman–Crippen MR) is 78.3 cm³/mol. The average Bonchev–Trinajstić information content (AvgIpc) is 3.17. The van der Waals surface area contributed by atoms with Gasteiger partial charge in [-0.2, -0.15) is 0 Å². The summed E-state index contributed by atoms with van der Waals surface area (Å²) in [4.78, 5) is 0. The third-order valence-corrected chi connectivity index (χ3v) is 3.62. The van der Waals surface area contributed by atoms with Gasteiger partial charge in [0.1, 0.15) is 11.9 Å². The molecule has 19 heavy (non-hydrogen) atoms. The van der Waals surface area contributed by atoms with E-state index in [4.69, 9.17) is 9.47 Å². The van der Waals surface area contributed by atoms with Crippen LogP contribution in [0.3, 0.4) is 0 Å². The number of ether oxygens (including phenoxy) is 2. The van der Waals surface area contributed by atoms with Crippen LogP contribution in [0.15, 0.2) is 30.3 Å². The summed E-state index contributed by atoms with van der Waals surface area (Å²) < 4.78 is 11.3. The molecule has 0 bridgehead atoms. The van der Waals surface area contributed by atoms with Crippen molar-refractivity contribution in [3.05, 3.63) is 30.3 Å². The van der Waals surface area contributed by atoms with Crippen LogP contribution < -0.4 is 4.74 Å². The second kappa shape index (κ2) is 8.21. The van der Waals surface area contributed by atoms with Gasteiger partial charge in [0.25, 0.3) is 0 Å². The van der Waals surface area contributed by atoms with Crippen LogP contribution in [0.1, 0.15) is 58.3 Å². The Bertz CT molecular complexity index is 336. The molecular weight excluding hydrogens is 236 g/mol. The quantitative estimate of drug-likeness (QED) is 0.440. The number of benzene rings is 1. The van der Waals surface area contributed by atoms with Gasteiger partial charge in [-0.15, -0.1) is 0 Å². The van der Waals surface area contributed by atoms with Gasteiger partial charge in [0.2, 0.25) is 6.29 Å². The van der Waals surface area contributed by atoms with Crippen molar-refractivity contribution < 1.29 is 9.47 Å². The molecule has 1 aliphatic rings. The van der Waals surface area contributed by atoms with Crippen molar-refractivity contribution in [2.75, 3.05) is 0 Å². The molecule has 1 fully saturated rings. The van der Waals surface area contributed by atoms with E-state index in [1.165, 1.54) is 44.9 Å². The number of para-hydroxylation sites is 1. The van der Waals surface area contributed by atoms with E-state index in [2.05, 4.69) is 6.92 Å². The van der Waals surface area contributed by atoms with Gasteiger partial charge < -0.3 is 9.47 Å². The number of epoxide rings is 1. The van der Waals surface area contributed by atoms with Crippen LogP contribution in [0.2, 0.25) is 0 Å². The second-order valence-electron chi connectivity index (χ2n) is 5.38. The molecule has 2 nitrogen and oxygen atoms in total. The van der Waals surface area contributed by atoms with Gasteiger partial charge in [-0.05, 0) is 18.6 Å². The van der Waals surface area contributed by atoms with E-state index in [1.54, 1.807) is 0 Å². The maximum absolute atomic E-state index is 5.73. The van der Waals surface area contributed by atoms with E-state index in [9.17, 15) is 0 Å². The highest BCUT2D eigenvalue weighted by atomic mass is 16.8. The lowest BCUT2D eigenvalue weighted by Crippen LogP contribution is -2.03. The number of hydrogen-bond donors (Lipinski definition) is 0. The minimum Gasteiger partial charge on any atom is -0.462 e. The molecule has 0 aromatic heterocycles. The van der Waals surface area contributed by atoms with Crippen molar-refractivity contribution in [2.24, 2.45) is 0 Å². The van der Waals surface area contributed by atoms with Crippen molar-refractivity contribution in [3.8, 4) is 5.75 Å². The lowest BCUT2D eigenvalue weighted by Gasteiger charge is -2.02. The fourth-order valence-electron chi connectivity index (χ4n) is 2.37. The zero-order valence-electron chi connectivity index (χ0n) is 12.0. The lowest BCUT2D eigenvalue weighted by atomic mass is 10.1. The molecule has 1 aromatic carbocycles. The van der Waals surface area contributed by atoms with Crippen molar-refractivity contribution in [2.45, 2.75) is 70.7 Å². The average molecular weight is 262 g/mol. The molecule has 0 aliphatic carbocycles. The Kier molecular flexibility index (Phi) is 6.22. The molecule has 0 amide bonds. The van der Waals surface area contributed by atoms with Crippen LogP contribution in [-0.2, 0) is 4.74 Å². The summed E-state index contributed by atoms with van der Waals surface area (Å²) in [6.45, 7) is 2.26. The van der Waals surface area contributed by atoms with Crippen molar-refractivity contribution in [3.63, 3.8) is 0 Å². The number of rotatable bonds is 10. The van der Waals surface area contributed by atoms with Crippen molar-refractivity contribution in [1.82, 2.24) is 0 Å². The molecule has 2 unspecified atom stereocenters. The largest absolute Gasteiger partial charge is 0.462 e. The summed E-state index contributed by atoms with van der Waals surface area (Å²) in [7, 11) is 0. The maximum Gasteiger partial charge on any atom is 0.227 e. The number of unbranched alkanes of at least 4 members (excludes halogenated alkanes) is 6. The van der Waals surface area contributed by atoms with Crippen LogP contribution in [0.4, 0.5) is 0 Å². The Morgan fingerprint density at radius 1 is 0.947 bits per heavy atom. The first-order valence-electron chi connectivity index (χ1n) is 7.77. The first-order chi connectivity index (χ1) is 9.40. The molecule has 1 saturated heterocycles. The molecule has 1 aliphatic heterocycles. The zero-order valence-corrected chi connectivity index (χ0v) is 12.0. The molecule has 2 rings (SSSR count). The summed E-state index contributed by atoms with van der Waals surface area (Å²) in [5, 5.41) is 0. The summed E-state index contributed by atoms with van der Waals surface area (Å²) in [5.74, 6) is 0.912. The smallest absolute Gasteiger partial charge is 0.227 e. The van der Waals surface area contributed by atoms with Crippen molar-refractivity contribution in [1.29, 1.82) is 0 Å². The maximum atomic E-state index is 5.73. The van der Waals surface area contributed by atoms with Crippen LogP contribution in [0.25, 0.3) is 0 Å². The summed E-state index contributed by atoms with van der Waals surface area (Å²) >= 11 is 0. The molecular formula is C17H26O2. The Labute approximate surface area is 117 Å². The normalized spacial score (nSPS) is 21.3. The summed E-state index contributed by atoms with van der Waals surface area (Å²) in [6.07, 6.45) is 11.0. The predicted octanol–water partition coefficient (Wildman–Crippen LogP) is 4.93. The summed E-state index contributed by atoms with van der Waals surface area (Å²) in [5.41, 5.74) is 0. The van der Waals surface area contributed by atoms with Crippen LogP contribution in [0.5, 0.6) is 5.75 Å². The zero-order chi connectivity index (χ0) is 13.3. The number of hydrogen-bond acceptors (Lipinski definition) is 2. The van der Waals surface area contributed by atoms with Gasteiger partial charge in [-0.25, -0.2) is 0 Å². The minimum absolute atomic E-state index is 0.00231. The van der Waals surface area contributed by atoms with E-state index in [0.717, 1.165) is 12.2 Å². The molecule has 0 saturated carbocycles. The minimum atomic E-state index is 0.00231. The molecule has 1 heterocycles. The highest BCUT2D eigenvalue weighted by Gasteiger charge is 2.40. The molecule has 2 atom stereocenters. The Morgan fingerprint density at radius 2 is 1.63 bits per heavy atom. The SMILES string of the molecule is CCCCCCCCCC1OC1Oc1ccccc1. The third kappa shape index (κ3) is 5.65. The van der Waals surface area contributed by atoms with Crippen LogP contribution in [0, 0.1) is 0 Å². The molecule has 1 aromatic rings. The molecule has 0 N–H and O–H groups in total. The van der Waals surface area contributed by atoms with Gasteiger partial charge in [0, 0.05) is 0 Å².